The van der Waals surface area contributed by atoms with Gasteiger partial charge in [-0.15, -0.1) is 0 Å². The number of nitrogens with one attached hydrogen (secondary N) is 1. The van der Waals surface area contributed by atoms with Gasteiger partial charge in [0.05, 0.1) is 6.21 Å². The summed E-state index contributed by atoms with van der Waals surface area (Å²) in [6.07, 6.45) is 0.815. The van der Waals surface area contributed by atoms with Crippen molar-refractivity contribution in [2.75, 3.05) is 0 Å². The molecule has 1 atom stereocenters. The van der Waals surface area contributed by atoms with Gasteiger partial charge in [-0.2, -0.15) is 0 Å². The number of hydrogen-bond donors (Lipinski definition) is 1. The molecule has 2 aromatic rings. The molecule has 0 saturated heterocycles. The second-order valence-electron chi connectivity index (χ2n) is 4.84. The highest BCUT2D eigenvalue weighted by Gasteiger charge is 2.13. The first-order valence-electron chi connectivity index (χ1n) is 7.02. The Hall–Kier alpha value is -2.04. The van der Waals surface area contributed by atoms with Crippen molar-refractivity contribution in [1.82, 2.24) is 5.32 Å². The van der Waals surface area contributed by atoms with E-state index in [1.165, 1.54) is 6.21 Å². The maximum absolute atomic E-state index is 11.9. The summed E-state index contributed by atoms with van der Waals surface area (Å²) >= 11 is 11.8. The van der Waals surface area contributed by atoms with E-state index in [-0.39, 0.29) is 5.91 Å². The molecule has 0 spiro atoms. The maximum Gasteiger partial charge on any atom is 0.263 e. The van der Waals surface area contributed by atoms with Crippen molar-refractivity contribution in [3.63, 3.8) is 0 Å². The van der Waals surface area contributed by atoms with Crippen LogP contribution in [0.4, 0.5) is 0 Å². The zero-order chi connectivity index (χ0) is 16.7. The van der Waals surface area contributed by atoms with Crippen LogP contribution in [0.1, 0.15) is 18.1 Å². The predicted octanol–water partition coefficient (Wildman–Crippen LogP) is 4.05. The third kappa shape index (κ3) is 5.58. The van der Waals surface area contributed by atoms with Crippen molar-refractivity contribution in [2.24, 2.45) is 5.16 Å². The van der Waals surface area contributed by atoms with Crippen LogP contribution in [0.25, 0.3) is 0 Å². The molecular formula is C17H16Cl2N2O2. The second kappa shape index (κ2) is 8.56. The summed E-state index contributed by atoms with van der Waals surface area (Å²) in [4.78, 5) is 17.1. The lowest BCUT2D eigenvalue weighted by Gasteiger charge is -2.11. The first-order valence-corrected chi connectivity index (χ1v) is 7.78. The van der Waals surface area contributed by atoms with Gasteiger partial charge < -0.3 is 10.2 Å². The molecule has 2 aromatic carbocycles. The second-order valence-corrected chi connectivity index (χ2v) is 5.69. The van der Waals surface area contributed by atoms with Crippen molar-refractivity contribution >= 4 is 35.3 Å². The lowest BCUT2D eigenvalue weighted by Crippen LogP contribution is -2.33. The third-order valence-corrected chi connectivity index (χ3v) is 3.69. The Kier molecular flexibility index (Phi) is 6.44. The third-order valence-electron chi connectivity index (χ3n) is 3.07. The average molecular weight is 351 g/mol. The largest absolute Gasteiger partial charge is 0.383 e. The van der Waals surface area contributed by atoms with Crippen LogP contribution in [0.2, 0.25) is 10.0 Å². The minimum absolute atomic E-state index is 0.266. The highest BCUT2D eigenvalue weighted by Crippen LogP contribution is 2.14. The maximum atomic E-state index is 11.9. The number of carbonyl (C=O) groups is 1. The van der Waals surface area contributed by atoms with Crippen molar-refractivity contribution in [1.29, 1.82) is 0 Å². The standard InChI is InChI=1S/C17H16Cl2N2O2/c1-12(23-21-10-13-6-8-15(18)9-7-13)17(22)20-11-14-4-2-3-5-16(14)19/h2-10,12H,11H2,1H3,(H,20,22)/b21-10+. The molecule has 6 heteroatoms. The number of nitrogens with zero attached hydrogens (tertiary/aromatic N) is 1. The Labute approximate surface area is 145 Å². The van der Waals surface area contributed by atoms with Crippen molar-refractivity contribution < 1.29 is 9.63 Å². The van der Waals surface area contributed by atoms with Gasteiger partial charge in [0.1, 0.15) is 0 Å². The Morgan fingerprint density at radius 2 is 1.91 bits per heavy atom. The fourth-order valence-corrected chi connectivity index (χ4v) is 2.08. The molecule has 0 aromatic heterocycles. The molecule has 23 heavy (non-hydrogen) atoms. The van der Waals surface area contributed by atoms with Crippen LogP contribution in [-0.4, -0.2) is 18.2 Å². The van der Waals surface area contributed by atoms with Gasteiger partial charge in [-0.05, 0) is 36.2 Å². The SMILES string of the molecule is CC(O/N=C/c1ccc(Cl)cc1)C(=O)NCc1ccccc1Cl. The minimum atomic E-state index is -0.707. The highest BCUT2D eigenvalue weighted by atomic mass is 35.5. The van der Waals surface area contributed by atoms with Crippen LogP contribution < -0.4 is 5.32 Å². The molecule has 1 amide bonds. The molecular weight excluding hydrogens is 335 g/mol. The first kappa shape index (κ1) is 17.3. The number of rotatable bonds is 6. The van der Waals surface area contributed by atoms with E-state index >= 15 is 0 Å². The predicted molar refractivity (Wildman–Crippen MR) is 92.9 cm³/mol. The summed E-state index contributed by atoms with van der Waals surface area (Å²) in [7, 11) is 0. The zero-order valence-corrected chi connectivity index (χ0v) is 14.0. The van der Waals surface area contributed by atoms with Gasteiger partial charge in [0.25, 0.3) is 5.91 Å². The van der Waals surface area contributed by atoms with Crippen molar-refractivity contribution in [2.45, 2.75) is 19.6 Å². The summed E-state index contributed by atoms with van der Waals surface area (Å²) in [5.41, 5.74) is 1.68. The van der Waals surface area contributed by atoms with Gasteiger partial charge in [-0.25, -0.2) is 0 Å². The fraction of sp³-hybridized carbons (Fsp3) is 0.176. The minimum Gasteiger partial charge on any atom is -0.383 e. The van der Waals surface area contributed by atoms with E-state index in [9.17, 15) is 4.79 Å². The Morgan fingerprint density at radius 1 is 1.22 bits per heavy atom. The van der Waals surface area contributed by atoms with Crippen LogP contribution >= 0.6 is 23.2 Å². The molecule has 0 aliphatic heterocycles. The lowest BCUT2D eigenvalue weighted by molar-refractivity contribution is -0.131. The van der Waals surface area contributed by atoms with Crippen molar-refractivity contribution in [3.8, 4) is 0 Å². The van der Waals surface area contributed by atoms with E-state index in [0.717, 1.165) is 11.1 Å². The van der Waals surface area contributed by atoms with Gasteiger partial charge in [-0.1, -0.05) is 58.7 Å². The van der Waals surface area contributed by atoms with Crippen LogP contribution in [0.3, 0.4) is 0 Å². The van der Waals surface area contributed by atoms with Gasteiger partial charge >= 0.3 is 0 Å². The molecule has 2 rings (SSSR count). The summed E-state index contributed by atoms with van der Waals surface area (Å²) in [5, 5.41) is 7.83. The molecule has 0 heterocycles. The van der Waals surface area contributed by atoms with Gasteiger partial charge in [0.2, 0.25) is 6.10 Å². The smallest absolute Gasteiger partial charge is 0.263 e. The summed E-state index contributed by atoms with van der Waals surface area (Å²) < 4.78 is 0. The molecule has 0 aliphatic rings. The Bertz CT molecular complexity index is 687. The highest BCUT2D eigenvalue weighted by molar-refractivity contribution is 6.31. The van der Waals surface area contributed by atoms with Gasteiger partial charge in [-0.3, -0.25) is 4.79 Å². The summed E-state index contributed by atoms with van der Waals surface area (Å²) in [5.74, 6) is -0.266. The molecule has 0 saturated carbocycles. The van der Waals surface area contributed by atoms with Gasteiger partial charge in [0, 0.05) is 16.6 Å². The Morgan fingerprint density at radius 3 is 2.61 bits per heavy atom. The monoisotopic (exact) mass is 350 g/mol. The van der Waals surface area contributed by atoms with E-state index in [0.29, 0.717) is 16.6 Å². The molecule has 4 nitrogen and oxygen atoms in total. The molecule has 0 radical (unpaired) electrons. The lowest BCUT2D eigenvalue weighted by atomic mass is 10.2. The molecule has 1 N–H and O–H groups in total. The van der Waals surface area contributed by atoms with E-state index in [2.05, 4.69) is 10.5 Å². The van der Waals surface area contributed by atoms with Crippen LogP contribution in [0.15, 0.2) is 53.7 Å². The van der Waals surface area contributed by atoms with Crippen LogP contribution in [0, 0.1) is 0 Å². The number of oxime groups is 1. The normalized spacial score (nSPS) is 12.1. The molecule has 0 fully saturated rings. The molecule has 0 aliphatic carbocycles. The molecule has 0 bridgehead atoms. The quantitative estimate of drug-likeness (QED) is 0.631. The van der Waals surface area contributed by atoms with Gasteiger partial charge in [0.15, 0.2) is 0 Å². The number of halogens is 2. The fourth-order valence-electron chi connectivity index (χ4n) is 1.75. The number of benzene rings is 2. The van der Waals surface area contributed by atoms with E-state index in [1.807, 2.05) is 18.2 Å². The zero-order valence-electron chi connectivity index (χ0n) is 12.5. The number of amides is 1. The molecule has 1 unspecified atom stereocenters. The first-order chi connectivity index (χ1) is 11.1. The van der Waals surface area contributed by atoms with Crippen LogP contribution in [0.5, 0.6) is 0 Å². The number of carbonyl (C=O) groups excluding carboxylic acids is 1. The topological polar surface area (TPSA) is 50.7 Å². The summed E-state index contributed by atoms with van der Waals surface area (Å²) in [6, 6.07) is 14.4. The van der Waals surface area contributed by atoms with Crippen molar-refractivity contribution in [3.05, 3.63) is 69.7 Å². The molecule has 120 valence electrons. The van der Waals surface area contributed by atoms with Crippen LogP contribution in [-0.2, 0) is 16.2 Å². The van der Waals surface area contributed by atoms with E-state index in [1.54, 1.807) is 37.3 Å². The summed E-state index contributed by atoms with van der Waals surface area (Å²) in [6.45, 7) is 1.97. The average Bonchev–Trinajstić information content (AvgIpc) is 2.55. The van der Waals surface area contributed by atoms with E-state index < -0.39 is 6.10 Å². The van der Waals surface area contributed by atoms with E-state index in [4.69, 9.17) is 28.0 Å². The Balaban J connectivity index is 1.81. The number of hydrogen-bond acceptors (Lipinski definition) is 3.